The van der Waals surface area contributed by atoms with E-state index in [9.17, 15) is 4.79 Å². The molecule has 0 bridgehead atoms. The van der Waals surface area contributed by atoms with Crippen molar-refractivity contribution in [3.8, 4) is 11.8 Å². The maximum absolute atomic E-state index is 12.6. The molecule has 4 heteroatoms. The third-order valence-electron chi connectivity index (χ3n) is 5.25. The summed E-state index contributed by atoms with van der Waals surface area (Å²) >= 11 is 0. The molecule has 0 unspecified atom stereocenters. The number of nitrogens with one attached hydrogen (secondary N) is 1. The van der Waals surface area contributed by atoms with Crippen LogP contribution < -0.4 is 5.32 Å². The molecular weight excluding hydrogens is 360 g/mol. The Morgan fingerprint density at radius 1 is 1.21 bits per heavy atom. The zero-order chi connectivity index (χ0) is 20.7. The van der Waals surface area contributed by atoms with Crippen LogP contribution in [-0.2, 0) is 9.53 Å². The zero-order valence-corrected chi connectivity index (χ0v) is 17.6. The Bertz CT molecular complexity index is 925. The summed E-state index contributed by atoms with van der Waals surface area (Å²) in [7, 11) is 0. The largest absolute Gasteiger partial charge is 0.378 e. The van der Waals surface area contributed by atoms with E-state index in [2.05, 4.69) is 66.5 Å². The molecule has 1 atom stereocenters. The van der Waals surface area contributed by atoms with Crippen LogP contribution in [0.1, 0.15) is 32.4 Å². The summed E-state index contributed by atoms with van der Waals surface area (Å²) in [6, 6.07) is 15.1. The third-order valence-corrected chi connectivity index (χ3v) is 5.25. The summed E-state index contributed by atoms with van der Waals surface area (Å²) in [6.07, 6.45) is 3.83. The fraction of sp³-hybridized carbons (Fsp3) is 0.400. The number of hydrogen-bond acceptors (Lipinski definition) is 3. The normalized spacial score (nSPS) is 15.9. The number of amides is 1. The van der Waals surface area contributed by atoms with E-state index in [1.807, 2.05) is 30.9 Å². The van der Waals surface area contributed by atoms with Gasteiger partial charge in [0.15, 0.2) is 0 Å². The predicted molar refractivity (Wildman–Crippen MR) is 118 cm³/mol. The summed E-state index contributed by atoms with van der Waals surface area (Å²) in [5.74, 6) is 6.22. The first kappa shape index (κ1) is 21.1. The molecule has 2 aromatic rings. The first-order valence-corrected chi connectivity index (χ1v) is 10.2. The quantitative estimate of drug-likeness (QED) is 0.787. The molecule has 29 heavy (non-hydrogen) atoms. The third kappa shape index (κ3) is 5.47. The molecule has 1 amide bonds. The molecule has 1 N–H and O–H groups in total. The van der Waals surface area contributed by atoms with Gasteiger partial charge < -0.3 is 15.0 Å². The van der Waals surface area contributed by atoms with E-state index in [1.165, 1.54) is 16.3 Å². The minimum atomic E-state index is -0.689. The van der Waals surface area contributed by atoms with Crippen molar-refractivity contribution in [3.63, 3.8) is 0 Å². The molecule has 4 nitrogen and oxygen atoms in total. The molecule has 0 radical (unpaired) electrons. The topological polar surface area (TPSA) is 41.6 Å². The molecular formula is C25H30N2O2. The van der Waals surface area contributed by atoms with Crippen LogP contribution in [0.25, 0.3) is 10.8 Å². The number of carbonyl (C=O) groups is 1. The van der Waals surface area contributed by atoms with Gasteiger partial charge in [0, 0.05) is 25.7 Å². The summed E-state index contributed by atoms with van der Waals surface area (Å²) in [6.45, 7) is 9.16. The Morgan fingerprint density at radius 3 is 2.72 bits per heavy atom. The second-order valence-corrected chi connectivity index (χ2v) is 7.90. The van der Waals surface area contributed by atoms with Crippen LogP contribution in [0, 0.1) is 17.3 Å². The fourth-order valence-electron chi connectivity index (χ4n) is 3.54. The average molecular weight is 391 g/mol. The lowest BCUT2D eigenvalue weighted by molar-refractivity contribution is -0.141. The van der Waals surface area contributed by atoms with Gasteiger partial charge in [0.2, 0.25) is 5.91 Å². The van der Waals surface area contributed by atoms with Crippen LogP contribution in [0.15, 0.2) is 54.6 Å². The van der Waals surface area contributed by atoms with E-state index in [4.69, 9.17) is 4.74 Å². The molecule has 0 aliphatic carbocycles. The first-order chi connectivity index (χ1) is 14.0. The Balaban J connectivity index is 1.53. The molecule has 0 spiro atoms. The molecule has 152 valence electrons. The summed E-state index contributed by atoms with van der Waals surface area (Å²) in [5, 5.41) is 6.06. The Hall–Kier alpha value is -2.61. The van der Waals surface area contributed by atoms with Crippen molar-refractivity contribution in [2.75, 3.05) is 32.8 Å². The van der Waals surface area contributed by atoms with Crippen molar-refractivity contribution in [1.29, 1.82) is 0 Å². The number of benzene rings is 2. The van der Waals surface area contributed by atoms with Gasteiger partial charge in [-0.25, -0.2) is 0 Å². The van der Waals surface area contributed by atoms with E-state index >= 15 is 0 Å². The number of nitrogens with zero attached hydrogens (tertiary/aromatic N) is 1. The van der Waals surface area contributed by atoms with Crippen molar-refractivity contribution in [1.82, 2.24) is 10.2 Å². The summed E-state index contributed by atoms with van der Waals surface area (Å²) in [5.41, 5.74) is 0.602. The van der Waals surface area contributed by atoms with Crippen molar-refractivity contribution >= 4 is 16.7 Å². The van der Waals surface area contributed by atoms with Gasteiger partial charge in [-0.2, -0.15) is 0 Å². The van der Waals surface area contributed by atoms with Crippen LogP contribution in [0.5, 0.6) is 0 Å². The Kier molecular flexibility index (Phi) is 7.09. The standard InChI is InChI=1S/C25H30N2O2/c1-20(22-13-9-11-21-10-5-6-12-23(21)22)26-15-8-4-7-14-25(2,3)24(28)27-16-18-29-19-17-27/h4-6,8-13,20,26H,15-19H2,1-3H3/b8-4+/t20-/m1/s1. The number of rotatable bonds is 5. The van der Waals surface area contributed by atoms with Gasteiger partial charge in [0.25, 0.3) is 0 Å². The van der Waals surface area contributed by atoms with Gasteiger partial charge in [-0.3, -0.25) is 4.79 Å². The highest BCUT2D eigenvalue weighted by Crippen LogP contribution is 2.24. The van der Waals surface area contributed by atoms with Gasteiger partial charge in [-0.15, -0.1) is 0 Å². The summed E-state index contributed by atoms with van der Waals surface area (Å²) < 4.78 is 5.31. The fourth-order valence-corrected chi connectivity index (χ4v) is 3.54. The average Bonchev–Trinajstić information content (AvgIpc) is 2.75. The highest BCUT2D eigenvalue weighted by molar-refractivity contribution is 5.86. The maximum Gasteiger partial charge on any atom is 0.240 e. The molecule has 1 heterocycles. The smallest absolute Gasteiger partial charge is 0.240 e. The van der Waals surface area contributed by atoms with Gasteiger partial charge >= 0.3 is 0 Å². The second-order valence-electron chi connectivity index (χ2n) is 7.90. The monoisotopic (exact) mass is 390 g/mol. The number of ether oxygens (including phenoxy) is 1. The van der Waals surface area contributed by atoms with E-state index < -0.39 is 5.41 Å². The lowest BCUT2D eigenvalue weighted by Crippen LogP contribution is -2.46. The molecule has 2 aromatic carbocycles. The van der Waals surface area contributed by atoms with Gasteiger partial charge in [0.1, 0.15) is 5.41 Å². The molecule has 0 aromatic heterocycles. The van der Waals surface area contributed by atoms with Crippen LogP contribution in [-0.4, -0.2) is 43.7 Å². The van der Waals surface area contributed by atoms with Crippen LogP contribution in [0.2, 0.25) is 0 Å². The highest BCUT2D eigenvalue weighted by Gasteiger charge is 2.31. The van der Waals surface area contributed by atoms with Gasteiger partial charge in [-0.1, -0.05) is 60.4 Å². The molecule has 3 rings (SSSR count). The molecule has 0 saturated carbocycles. The molecule has 1 fully saturated rings. The molecule has 1 saturated heterocycles. The molecule has 1 aliphatic heterocycles. The van der Waals surface area contributed by atoms with Crippen molar-refractivity contribution < 1.29 is 9.53 Å². The van der Waals surface area contributed by atoms with Crippen LogP contribution in [0.4, 0.5) is 0 Å². The number of allylic oxidation sites excluding steroid dienone is 1. The zero-order valence-electron chi connectivity index (χ0n) is 17.6. The second kappa shape index (κ2) is 9.73. The van der Waals surface area contributed by atoms with E-state index in [1.54, 1.807) is 0 Å². The minimum Gasteiger partial charge on any atom is -0.378 e. The Morgan fingerprint density at radius 2 is 1.93 bits per heavy atom. The lowest BCUT2D eigenvalue weighted by atomic mass is 9.92. The Labute approximate surface area is 173 Å². The van der Waals surface area contributed by atoms with Crippen LogP contribution >= 0.6 is 0 Å². The SMILES string of the molecule is C[C@@H](NC/C=C/C#CC(C)(C)C(=O)N1CCOCC1)c1cccc2ccccc12. The van der Waals surface area contributed by atoms with Gasteiger partial charge in [0.05, 0.1) is 13.2 Å². The predicted octanol–water partition coefficient (Wildman–Crippen LogP) is 3.94. The van der Waals surface area contributed by atoms with E-state index in [-0.39, 0.29) is 11.9 Å². The first-order valence-electron chi connectivity index (χ1n) is 10.2. The molecule has 1 aliphatic rings. The van der Waals surface area contributed by atoms with Gasteiger partial charge in [-0.05, 0) is 43.2 Å². The lowest BCUT2D eigenvalue weighted by Gasteiger charge is -2.31. The highest BCUT2D eigenvalue weighted by atomic mass is 16.5. The number of carbonyl (C=O) groups excluding carboxylic acids is 1. The number of hydrogen-bond donors (Lipinski definition) is 1. The number of fused-ring (bicyclic) bond motifs is 1. The number of morpholine rings is 1. The van der Waals surface area contributed by atoms with E-state index in [0.29, 0.717) is 26.3 Å². The van der Waals surface area contributed by atoms with Crippen molar-refractivity contribution in [3.05, 3.63) is 60.2 Å². The maximum atomic E-state index is 12.6. The van der Waals surface area contributed by atoms with Crippen molar-refractivity contribution in [2.45, 2.75) is 26.8 Å². The summed E-state index contributed by atoms with van der Waals surface area (Å²) in [4.78, 5) is 14.5. The minimum absolute atomic E-state index is 0.0735. The van der Waals surface area contributed by atoms with Crippen LogP contribution in [0.3, 0.4) is 0 Å². The van der Waals surface area contributed by atoms with Crippen molar-refractivity contribution in [2.24, 2.45) is 5.41 Å². The van der Waals surface area contributed by atoms with E-state index in [0.717, 1.165) is 6.54 Å².